The van der Waals surface area contributed by atoms with E-state index in [-0.39, 0.29) is 30.5 Å². The van der Waals surface area contributed by atoms with Gasteiger partial charge in [0.15, 0.2) is 11.5 Å². The quantitative estimate of drug-likeness (QED) is 0.409. The van der Waals surface area contributed by atoms with Gasteiger partial charge in [0.25, 0.3) is 5.69 Å². The fraction of sp³-hybridized carbons (Fsp3) is 0.250. The molecule has 0 aliphatic rings. The molecule has 2 aromatic carbocycles. The van der Waals surface area contributed by atoms with Crippen LogP contribution in [0, 0.1) is 10.1 Å². The Morgan fingerprint density at radius 1 is 1.13 bits per heavy atom. The van der Waals surface area contributed by atoms with Crippen LogP contribution in [0.3, 0.4) is 0 Å². The van der Waals surface area contributed by atoms with Crippen molar-refractivity contribution in [2.75, 3.05) is 21.3 Å². The standard InChI is InChI=1S/C20H20N4O6/c1-23(19(25)10-13-4-7-15(8-5-13)24(26)27)12-18-21-20(22-30-18)14-6-9-16(28-2)17(11-14)29-3/h4-9,11H,10,12H2,1-3H3. The summed E-state index contributed by atoms with van der Waals surface area (Å²) in [6.07, 6.45) is 0.102. The van der Waals surface area contributed by atoms with Crippen LogP contribution in [0.2, 0.25) is 0 Å². The molecule has 3 aromatic rings. The molecule has 10 nitrogen and oxygen atoms in total. The van der Waals surface area contributed by atoms with Gasteiger partial charge in [-0.1, -0.05) is 17.3 Å². The van der Waals surface area contributed by atoms with E-state index in [4.69, 9.17) is 14.0 Å². The lowest BCUT2D eigenvalue weighted by Crippen LogP contribution is -2.27. The van der Waals surface area contributed by atoms with Gasteiger partial charge in [0, 0.05) is 24.7 Å². The van der Waals surface area contributed by atoms with Crippen molar-refractivity contribution in [3.05, 3.63) is 64.0 Å². The molecule has 1 heterocycles. The zero-order valence-electron chi connectivity index (χ0n) is 16.7. The lowest BCUT2D eigenvalue weighted by Gasteiger charge is -2.14. The first-order valence-corrected chi connectivity index (χ1v) is 8.93. The number of ether oxygens (including phenoxy) is 2. The highest BCUT2D eigenvalue weighted by molar-refractivity contribution is 5.78. The van der Waals surface area contributed by atoms with Gasteiger partial charge in [-0.2, -0.15) is 4.98 Å². The molecule has 0 fully saturated rings. The Labute approximate surface area is 172 Å². The number of nitro groups is 1. The lowest BCUT2D eigenvalue weighted by molar-refractivity contribution is -0.384. The second-order valence-corrected chi connectivity index (χ2v) is 6.43. The predicted octanol–water partition coefficient (Wildman–Crippen LogP) is 2.86. The third-order valence-corrected chi connectivity index (χ3v) is 4.41. The Hall–Kier alpha value is -3.95. The van der Waals surface area contributed by atoms with Gasteiger partial charge in [0.2, 0.25) is 17.6 Å². The molecule has 0 bridgehead atoms. The second kappa shape index (κ2) is 9.03. The summed E-state index contributed by atoms with van der Waals surface area (Å²) in [7, 11) is 4.70. The summed E-state index contributed by atoms with van der Waals surface area (Å²) in [6, 6.07) is 11.1. The molecule has 3 rings (SSSR count). The van der Waals surface area contributed by atoms with E-state index >= 15 is 0 Å². The smallest absolute Gasteiger partial charge is 0.269 e. The molecule has 30 heavy (non-hydrogen) atoms. The lowest BCUT2D eigenvalue weighted by atomic mass is 10.1. The number of amides is 1. The highest BCUT2D eigenvalue weighted by Gasteiger charge is 2.17. The molecule has 0 radical (unpaired) electrons. The van der Waals surface area contributed by atoms with Crippen LogP contribution in [0.15, 0.2) is 47.0 Å². The Morgan fingerprint density at radius 2 is 1.83 bits per heavy atom. The zero-order chi connectivity index (χ0) is 21.7. The van der Waals surface area contributed by atoms with Crippen LogP contribution in [-0.4, -0.2) is 47.1 Å². The molecule has 0 unspecified atom stereocenters. The van der Waals surface area contributed by atoms with Crippen LogP contribution < -0.4 is 9.47 Å². The first-order chi connectivity index (χ1) is 14.4. The van der Waals surface area contributed by atoms with E-state index < -0.39 is 4.92 Å². The fourth-order valence-corrected chi connectivity index (χ4v) is 2.75. The van der Waals surface area contributed by atoms with E-state index in [2.05, 4.69) is 10.1 Å². The SMILES string of the molecule is COc1ccc(-c2noc(CN(C)C(=O)Cc3ccc([N+](=O)[O-])cc3)n2)cc1OC. The molecule has 0 spiro atoms. The van der Waals surface area contributed by atoms with Crippen molar-refractivity contribution in [1.82, 2.24) is 15.0 Å². The predicted molar refractivity (Wildman–Crippen MR) is 106 cm³/mol. The molecular weight excluding hydrogens is 392 g/mol. The van der Waals surface area contributed by atoms with Crippen molar-refractivity contribution < 1.29 is 23.7 Å². The van der Waals surface area contributed by atoms with Crippen molar-refractivity contribution in [3.63, 3.8) is 0 Å². The summed E-state index contributed by atoms with van der Waals surface area (Å²) in [5, 5.41) is 14.7. The molecule has 10 heteroatoms. The minimum Gasteiger partial charge on any atom is -0.493 e. The van der Waals surface area contributed by atoms with Crippen LogP contribution in [-0.2, 0) is 17.8 Å². The van der Waals surface area contributed by atoms with Crippen LogP contribution in [0.4, 0.5) is 5.69 Å². The largest absolute Gasteiger partial charge is 0.493 e. The molecule has 0 saturated heterocycles. The van der Waals surface area contributed by atoms with Crippen molar-refractivity contribution >= 4 is 11.6 Å². The van der Waals surface area contributed by atoms with Crippen molar-refractivity contribution in [2.45, 2.75) is 13.0 Å². The molecule has 1 aromatic heterocycles. The molecule has 0 saturated carbocycles. The summed E-state index contributed by atoms with van der Waals surface area (Å²) >= 11 is 0. The number of non-ortho nitro benzene ring substituents is 1. The third kappa shape index (κ3) is 4.72. The molecule has 1 amide bonds. The van der Waals surface area contributed by atoms with Gasteiger partial charge in [0.1, 0.15) is 0 Å². The van der Waals surface area contributed by atoms with E-state index in [9.17, 15) is 14.9 Å². The van der Waals surface area contributed by atoms with Gasteiger partial charge in [-0.05, 0) is 23.8 Å². The number of methoxy groups -OCH3 is 2. The molecule has 0 aliphatic heterocycles. The van der Waals surface area contributed by atoms with Gasteiger partial charge in [0.05, 0.1) is 32.1 Å². The van der Waals surface area contributed by atoms with E-state index in [1.54, 1.807) is 44.5 Å². The second-order valence-electron chi connectivity index (χ2n) is 6.43. The minimum atomic E-state index is -0.483. The monoisotopic (exact) mass is 412 g/mol. The topological polar surface area (TPSA) is 121 Å². The van der Waals surface area contributed by atoms with Gasteiger partial charge < -0.3 is 18.9 Å². The van der Waals surface area contributed by atoms with Crippen LogP contribution >= 0.6 is 0 Å². The third-order valence-electron chi connectivity index (χ3n) is 4.41. The highest BCUT2D eigenvalue weighted by Crippen LogP contribution is 2.31. The Bertz CT molecular complexity index is 1050. The van der Waals surface area contributed by atoms with Crippen LogP contribution in [0.25, 0.3) is 11.4 Å². The summed E-state index contributed by atoms with van der Waals surface area (Å²) in [5.41, 5.74) is 1.34. The normalized spacial score (nSPS) is 10.5. The number of nitro benzene ring substituents is 1. The van der Waals surface area contributed by atoms with E-state index in [1.165, 1.54) is 24.1 Å². The van der Waals surface area contributed by atoms with Crippen molar-refractivity contribution in [3.8, 4) is 22.9 Å². The number of hydrogen-bond donors (Lipinski definition) is 0. The number of hydrogen-bond acceptors (Lipinski definition) is 8. The van der Waals surface area contributed by atoms with E-state index in [0.29, 0.717) is 28.5 Å². The number of aromatic nitrogens is 2. The van der Waals surface area contributed by atoms with Crippen LogP contribution in [0.1, 0.15) is 11.5 Å². The fourth-order valence-electron chi connectivity index (χ4n) is 2.75. The van der Waals surface area contributed by atoms with Gasteiger partial charge in [-0.15, -0.1) is 0 Å². The number of benzene rings is 2. The van der Waals surface area contributed by atoms with Gasteiger partial charge >= 0.3 is 0 Å². The number of rotatable bonds is 8. The minimum absolute atomic E-state index is 0.0203. The molecule has 0 atom stereocenters. The summed E-state index contributed by atoms with van der Waals surface area (Å²) in [6.45, 7) is 0.131. The molecule has 0 aliphatic carbocycles. The van der Waals surface area contributed by atoms with E-state index in [1.807, 2.05) is 0 Å². The van der Waals surface area contributed by atoms with Gasteiger partial charge in [-0.3, -0.25) is 14.9 Å². The van der Waals surface area contributed by atoms with E-state index in [0.717, 1.165) is 0 Å². The number of likely N-dealkylation sites (N-methyl/N-ethyl adjacent to an activating group) is 1. The Morgan fingerprint density at radius 3 is 2.47 bits per heavy atom. The average molecular weight is 412 g/mol. The molecule has 156 valence electrons. The van der Waals surface area contributed by atoms with Gasteiger partial charge in [-0.25, -0.2) is 0 Å². The number of carbonyl (C=O) groups excluding carboxylic acids is 1. The van der Waals surface area contributed by atoms with Crippen LogP contribution in [0.5, 0.6) is 11.5 Å². The first kappa shape index (κ1) is 20.8. The summed E-state index contributed by atoms with van der Waals surface area (Å²) in [5.74, 6) is 1.58. The Balaban J connectivity index is 1.65. The Kier molecular flexibility index (Phi) is 6.26. The van der Waals surface area contributed by atoms with Crippen molar-refractivity contribution in [2.24, 2.45) is 0 Å². The maximum Gasteiger partial charge on any atom is 0.269 e. The summed E-state index contributed by atoms with van der Waals surface area (Å²) < 4.78 is 15.7. The highest BCUT2D eigenvalue weighted by atomic mass is 16.6. The maximum atomic E-state index is 12.4. The number of nitrogens with zero attached hydrogens (tertiary/aromatic N) is 4. The average Bonchev–Trinajstić information content (AvgIpc) is 3.22. The van der Waals surface area contributed by atoms with Crippen molar-refractivity contribution in [1.29, 1.82) is 0 Å². The maximum absolute atomic E-state index is 12.4. The zero-order valence-corrected chi connectivity index (χ0v) is 16.7. The first-order valence-electron chi connectivity index (χ1n) is 8.93. The summed E-state index contributed by atoms with van der Waals surface area (Å²) in [4.78, 5) is 28.4. The number of carbonyl (C=O) groups is 1. The molecular formula is C20H20N4O6. The molecule has 0 N–H and O–H groups in total.